The summed E-state index contributed by atoms with van der Waals surface area (Å²) in [5.41, 5.74) is 3.51. The van der Waals surface area contributed by atoms with Crippen LogP contribution in [-0.4, -0.2) is 23.1 Å². The summed E-state index contributed by atoms with van der Waals surface area (Å²) in [5, 5.41) is 16.0. The number of benzene rings is 2. The number of carbonyl (C=O) groups excluding carboxylic acids is 2. The summed E-state index contributed by atoms with van der Waals surface area (Å²) in [5.74, 6) is -0.539. The SMILES string of the molecule is O=C(CCC(=O)Nc1ccc(I)cc1)NN=Cc1ccccc1O. The van der Waals surface area contributed by atoms with Crippen LogP contribution in [0.15, 0.2) is 53.6 Å². The van der Waals surface area contributed by atoms with E-state index in [0.717, 1.165) is 3.57 Å². The first kappa shape index (κ1) is 17.9. The smallest absolute Gasteiger partial charge is 0.240 e. The van der Waals surface area contributed by atoms with Gasteiger partial charge >= 0.3 is 0 Å². The van der Waals surface area contributed by atoms with E-state index in [2.05, 4.69) is 38.4 Å². The lowest BCUT2D eigenvalue weighted by Gasteiger charge is -2.05. The standard InChI is InChI=1S/C17H16IN3O3/c18-13-5-7-14(8-6-13)20-16(23)9-10-17(24)21-19-11-12-3-1-2-4-15(12)22/h1-8,11,22H,9-10H2,(H,20,23)(H,21,24). The van der Waals surface area contributed by atoms with Crippen molar-refractivity contribution in [1.29, 1.82) is 0 Å². The number of rotatable bonds is 6. The average molecular weight is 437 g/mol. The Morgan fingerprint density at radius 3 is 2.42 bits per heavy atom. The maximum Gasteiger partial charge on any atom is 0.240 e. The quantitative estimate of drug-likeness (QED) is 0.369. The number of nitrogens with one attached hydrogen (secondary N) is 2. The van der Waals surface area contributed by atoms with Crippen molar-refractivity contribution in [1.82, 2.24) is 5.43 Å². The van der Waals surface area contributed by atoms with E-state index >= 15 is 0 Å². The van der Waals surface area contributed by atoms with Crippen LogP contribution in [0.3, 0.4) is 0 Å². The molecule has 6 nitrogen and oxygen atoms in total. The van der Waals surface area contributed by atoms with E-state index in [1.165, 1.54) is 12.3 Å². The topological polar surface area (TPSA) is 90.8 Å². The van der Waals surface area contributed by atoms with Gasteiger partial charge in [0.15, 0.2) is 0 Å². The molecule has 0 saturated heterocycles. The molecule has 3 N–H and O–H groups in total. The molecule has 0 aromatic heterocycles. The first-order valence-electron chi connectivity index (χ1n) is 7.20. The van der Waals surface area contributed by atoms with Gasteiger partial charge in [-0.3, -0.25) is 9.59 Å². The minimum atomic E-state index is -0.376. The zero-order valence-electron chi connectivity index (χ0n) is 12.7. The van der Waals surface area contributed by atoms with Crippen molar-refractivity contribution in [3.63, 3.8) is 0 Å². The molecule has 0 unspecified atom stereocenters. The average Bonchev–Trinajstić information content (AvgIpc) is 2.57. The summed E-state index contributed by atoms with van der Waals surface area (Å²) in [6, 6.07) is 14.0. The Labute approximate surface area is 153 Å². The summed E-state index contributed by atoms with van der Waals surface area (Å²) < 4.78 is 1.08. The molecule has 2 aromatic carbocycles. The largest absolute Gasteiger partial charge is 0.507 e. The van der Waals surface area contributed by atoms with E-state index in [-0.39, 0.29) is 30.4 Å². The molecular weight excluding hydrogens is 421 g/mol. The number of amides is 2. The van der Waals surface area contributed by atoms with Crippen LogP contribution < -0.4 is 10.7 Å². The number of phenolic OH excluding ortho intramolecular Hbond substituents is 1. The highest BCUT2D eigenvalue weighted by atomic mass is 127. The highest BCUT2D eigenvalue weighted by Gasteiger charge is 2.06. The van der Waals surface area contributed by atoms with Gasteiger partial charge in [0.05, 0.1) is 6.21 Å². The van der Waals surface area contributed by atoms with Crippen molar-refractivity contribution < 1.29 is 14.7 Å². The molecule has 24 heavy (non-hydrogen) atoms. The second kappa shape index (κ2) is 9.02. The van der Waals surface area contributed by atoms with Crippen molar-refractivity contribution in [2.45, 2.75) is 12.8 Å². The third kappa shape index (κ3) is 5.99. The molecule has 0 atom stereocenters. The van der Waals surface area contributed by atoms with Crippen molar-refractivity contribution in [2.24, 2.45) is 5.10 Å². The van der Waals surface area contributed by atoms with Gasteiger partial charge in [0.25, 0.3) is 0 Å². The van der Waals surface area contributed by atoms with Crippen LogP contribution in [0.2, 0.25) is 0 Å². The highest BCUT2D eigenvalue weighted by molar-refractivity contribution is 14.1. The number of hydrazone groups is 1. The van der Waals surface area contributed by atoms with E-state index in [1.54, 1.807) is 30.3 Å². The van der Waals surface area contributed by atoms with Gasteiger partial charge in [-0.15, -0.1) is 0 Å². The number of phenols is 1. The lowest BCUT2D eigenvalue weighted by Crippen LogP contribution is -2.20. The Hall–Kier alpha value is -2.42. The van der Waals surface area contributed by atoms with Crippen LogP contribution >= 0.6 is 22.6 Å². The molecule has 0 aliphatic heterocycles. The molecule has 2 aromatic rings. The van der Waals surface area contributed by atoms with Gasteiger partial charge in [-0.2, -0.15) is 5.10 Å². The molecule has 0 saturated carbocycles. The van der Waals surface area contributed by atoms with Crippen LogP contribution in [0.5, 0.6) is 5.75 Å². The molecule has 7 heteroatoms. The molecule has 0 bridgehead atoms. The minimum Gasteiger partial charge on any atom is -0.507 e. The molecule has 0 fully saturated rings. The van der Waals surface area contributed by atoms with Crippen LogP contribution in [0.25, 0.3) is 0 Å². The fourth-order valence-electron chi connectivity index (χ4n) is 1.81. The zero-order chi connectivity index (χ0) is 17.4. The van der Waals surface area contributed by atoms with Gasteiger partial charge in [0.2, 0.25) is 11.8 Å². The Kier molecular flexibility index (Phi) is 6.74. The Morgan fingerprint density at radius 1 is 1.04 bits per heavy atom. The third-order valence-corrected chi connectivity index (χ3v) is 3.76. The Balaban J connectivity index is 1.73. The molecule has 0 heterocycles. The third-order valence-electron chi connectivity index (χ3n) is 3.04. The van der Waals surface area contributed by atoms with Gasteiger partial charge in [0, 0.05) is 27.7 Å². The number of halogens is 1. The van der Waals surface area contributed by atoms with E-state index < -0.39 is 0 Å². The van der Waals surface area contributed by atoms with Crippen LogP contribution in [0.1, 0.15) is 18.4 Å². The number of nitrogens with zero attached hydrogens (tertiary/aromatic N) is 1. The summed E-state index contributed by atoms with van der Waals surface area (Å²) in [6.45, 7) is 0. The fourth-order valence-corrected chi connectivity index (χ4v) is 2.17. The maximum atomic E-state index is 11.8. The second-order valence-corrected chi connectivity index (χ2v) is 6.15. The van der Waals surface area contributed by atoms with Gasteiger partial charge in [0.1, 0.15) is 5.75 Å². The molecule has 124 valence electrons. The van der Waals surface area contributed by atoms with E-state index in [1.807, 2.05) is 12.1 Å². The molecule has 0 spiro atoms. The van der Waals surface area contributed by atoms with Crippen molar-refractivity contribution >= 4 is 46.3 Å². The number of hydrogen-bond acceptors (Lipinski definition) is 4. The Morgan fingerprint density at radius 2 is 1.71 bits per heavy atom. The second-order valence-electron chi connectivity index (χ2n) is 4.91. The number of carbonyl (C=O) groups is 2. The number of para-hydroxylation sites is 1. The molecule has 2 rings (SSSR count). The van der Waals surface area contributed by atoms with Crippen molar-refractivity contribution in [2.75, 3.05) is 5.32 Å². The molecule has 0 radical (unpaired) electrons. The van der Waals surface area contributed by atoms with Gasteiger partial charge in [-0.1, -0.05) is 12.1 Å². The normalized spacial score (nSPS) is 10.5. The summed E-state index contributed by atoms with van der Waals surface area (Å²) in [4.78, 5) is 23.4. The number of aromatic hydroxyl groups is 1. The maximum absolute atomic E-state index is 11.8. The van der Waals surface area contributed by atoms with Crippen LogP contribution in [0, 0.1) is 3.57 Å². The zero-order valence-corrected chi connectivity index (χ0v) is 14.9. The minimum absolute atomic E-state index is 0.0221. The van der Waals surface area contributed by atoms with Crippen LogP contribution in [-0.2, 0) is 9.59 Å². The molecule has 2 amide bonds. The monoisotopic (exact) mass is 437 g/mol. The number of anilines is 1. The lowest BCUT2D eigenvalue weighted by atomic mass is 10.2. The van der Waals surface area contributed by atoms with Crippen molar-refractivity contribution in [3.05, 3.63) is 57.7 Å². The predicted molar refractivity (Wildman–Crippen MR) is 101 cm³/mol. The first-order valence-corrected chi connectivity index (χ1v) is 8.28. The van der Waals surface area contributed by atoms with Gasteiger partial charge in [-0.25, -0.2) is 5.43 Å². The molecule has 0 aliphatic carbocycles. The van der Waals surface area contributed by atoms with E-state index in [0.29, 0.717) is 11.3 Å². The lowest BCUT2D eigenvalue weighted by molar-refractivity contribution is -0.124. The molecule has 0 aliphatic rings. The van der Waals surface area contributed by atoms with Crippen LogP contribution in [0.4, 0.5) is 5.69 Å². The van der Waals surface area contributed by atoms with E-state index in [9.17, 15) is 14.7 Å². The highest BCUT2D eigenvalue weighted by Crippen LogP contribution is 2.13. The number of hydrogen-bond donors (Lipinski definition) is 3. The first-order chi connectivity index (χ1) is 11.5. The molecular formula is C17H16IN3O3. The van der Waals surface area contributed by atoms with Gasteiger partial charge < -0.3 is 10.4 Å². The summed E-state index contributed by atoms with van der Waals surface area (Å²) in [6.07, 6.45) is 1.43. The van der Waals surface area contributed by atoms with E-state index in [4.69, 9.17) is 0 Å². The summed E-state index contributed by atoms with van der Waals surface area (Å²) in [7, 11) is 0. The Bertz CT molecular complexity index is 745. The van der Waals surface area contributed by atoms with Crippen molar-refractivity contribution in [3.8, 4) is 5.75 Å². The van der Waals surface area contributed by atoms with Gasteiger partial charge in [-0.05, 0) is 59.0 Å². The fraction of sp³-hybridized carbons (Fsp3) is 0.118. The predicted octanol–water partition coefficient (Wildman–Crippen LogP) is 2.87. The summed E-state index contributed by atoms with van der Waals surface area (Å²) >= 11 is 2.18.